The normalized spacial score (nSPS) is 22.0. The molecule has 15 heavy (non-hydrogen) atoms. The Bertz CT molecular complexity index is 434. The lowest BCUT2D eigenvalue weighted by atomic mass is 9.99. The Morgan fingerprint density at radius 3 is 3.13 bits per heavy atom. The predicted molar refractivity (Wildman–Crippen MR) is 60.7 cm³/mol. The molecule has 1 aromatic rings. The number of hydrogen-bond donors (Lipinski definition) is 1. The topological polar surface area (TPSA) is 21.3 Å². The minimum absolute atomic E-state index is 0.0878. The minimum atomic E-state index is 0.0878. The van der Waals surface area contributed by atoms with E-state index in [1.54, 1.807) is 6.26 Å². The van der Waals surface area contributed by atoms with Crippen molar-refractivity contribution in [2.75, 3.05) is 11.9 Å². The molecule has 1 aromatic carbocycles. The van der Waals surface area contributed by atoms with Crippen molar-refractivity contribution >= 4 is 5.69 Å². The van der Waals surface area contributed by atoms with Crippen molar-refractivity contribution in [3.05, 3.63) is 53.8 Å². The standard InChI is InChI=1S/C13H13NO/c1-2-9-15-13(6-1)11-4-3-5-12-10(11)7-8-14-12/h1-6,9,13-14H,7-8H2. The summed E-state index contributed by atoms with van der Waals surface area (Å²) in [7, 11) is 0. The molecule has 0 bridgehead atoms. The molecular formula is C13H13NO. The van der Waals surface area contributed by atoms with Gasteiger partial charge in [-0.3, -0.25) is 0 Å². The molecule has 0 fully saturated rings. The molecule has 2 heteroatoms. The second-order valence-electron chi connectivity index (χ2n) is 3.82. The first-order chi connectivity index (χ1) is 7.45. The molecule has 0 radical (unpaired) electrons. The van der Waals surface area contributed by atoms with E-state index in [-0.39, 0.29) is 6.10 Å². The number of allylic oxidation sites excluding steroid dienone is 2. The fourth-order valence-corrected chi connectivity index (χ4v) is 2.20. The number of rotatable bonds is 1. The lowest BCUT2D eigenvalue weighted by Crippen LogP contribution is -2.02. The molecule has 2 nitrogen and oxygen atoms in total. The molecule has 0 saturated carbocycles. The molecule has 0 spiro atoms. The van der Waals surface area contributed by atoms with Crippen LogP contribution in [-0.2, 0) is 11.2 Å². The molecule has 0 aromatic heterocycles. The van der Waals surface area contributed by atoms with Crippen molar-refractivity contribution in [2.24, 2.45) is 0 Å². The van der Waals surface area contributed by atoms with Crippen LogP contribution in [0.1, 0.15) is 17.2 Å². The van der Waals surface area contributed by atoms with Crippen LogP contribution < -0.4 is 5.32 Å². The van der Waals surface area contributed by atoms with E-state index >= 15 is 0 Å². The summed E-state index contributed by atoms with van der Waals surface area (Å²) in [5.74, 6) is 0. The number of nitrogens with one attached hydrogen (secondary N) is 1. The Hall–Kier alpha value is -1.70. The van der Waals surface area contributed by atoms with Crippen LogP contribution >= 0.6 is 0 Å². The van der Waals surface area contributed by atoms with E-state index in [1.807, 2.05) is 12.2 Å². The Morgan fingerprint density at radius 1 is 1.27 bits per heavy atom. The van der Waals surface area contributed by atoms with Gasteiger partial charge in [0.25, 0.3) is 0 Å². The lowest BCUT2D eigenvalue weighted by Gasteiger charge is -2.18. The first-order valence-electron chi connectivity index (χ1n) is 5.29. The van der Waals surface area contributed by atoms with Gasteiger partial charge >= 0.3 is 0 Å². The zero-order chi connectivity index (χ0) is 10.1. The third-order valence-corrected chi connectivity index (χ3v) is 2.91. The quantitative estimate of drug-likeness (QED) is 0.751. The molecular weight excluding hydrogens is 186 g/mol. The molecule has 1 atom stereocenters. The van der Waals surface area contributed by atoms with Gasteiger partial charge in [-0.2, -0.15) is 0 Å². The SMILES string of the molecule is C1=COC(c2cccc3c2CCN3)C=C1. The number of benzene rings is 1. The maximum absolute atomic E-state index is 5.59. The molecule has 0 amide bonds. The van der Waals surface area contributed by atoms with Gasteiger partial charge < -0.3 is 10.1 Å². The zero-order valence-corrected chi connectivity index (χ0v) is 8.44. The van der Waals surface area contributed by atoms with Gasteiger partial charge in [-0.25, -0.2) is 0 Å². The number of ether oxygens (including phenoxy) is 1. The van der Waals surface area contributed by atoms with Crippen LogP contribution in [0.3, 0.4) is 0 Å². The number of hydrogen-bond acceptors (Lipinski definition) is 2. The summed E-state index contributed by atoms with van der Waals surface area (Å²) in [6.45, 7) is 1.04. The van der Waals surface area contributed by atoms with Crippen LogP contribution in [0.5, 0.6) is 0 Å². The van der Waals surface area contributed by atoms with Crippen LogP contribution in [-0.4, -0.2) is 6.54 Å². The van der Waals surface area contributed by atoms with Crippen molar-refractivity contribution in [3.63, 3.8) is 0 Å². The molecule has 1 unspecified atom stereocenters. The average molecular weight is 199 g/mol. The largest absolute Gasteiger partial charge is 0.489 e. The van der Waals surface area contributed by atoms with Crippen LogP contribution in [0.15, 0.2) is 42.7 Å². The summed E-state index contributed by atoms with van der Waals surface area (Å²) in [6.07, 6.45) is 8.99. The first-order valence-corrected chi connectivity index (χ1v) is 5.29. The Morgan fingerprint density at radius 2 is 2.27 bits per heavy atom. The van der Waals surface area contributed by atoms with E-state index in [0.29, 0.717) is 0 Å². The molecule has 76 valence electrons. The third kappa shape index (κ3) is 1.42. The van der Waals surface area contributed by atoms with E-state index in [1.165, 1.54) is 16.8 Å². The zero-order valence-electron chi connectivity index (χ0n) is 8.44. The summed E-state index contributed by atoms with van der Waals surface area (Å²) in [4.78, 5) is 0. The van der Waals surface area contributed by atoms with Gasteiger partial charge in [0.15, 0.2) is 0 Å². The summed E-state index contributed by atoms with van der Waals surface area (Å²) in [5, 5.41) is 3.38. The van der Waals surface area contributed by atoms with Gasteiger partial charge in [0.05, 0.1) is 6.26 Å². The Kier molecular flexibility index (Phi) is 1.98. The fourth-order valence-electron chi connectivity index (χ4n) is 2.20. The summed E-state index contributed by atoms with van der Waals surface area (Å²) < 4.78 is 5.59. The molecule has 2 heterocycles. The molecule has 1 N–H and O–H groups in total. The maximum Gasteiger partial charge on any atom is 0.142 e. The van der Waals surface area contributed by atoms with Crippen LogP contribution in [0.4, 0.5) is 5.69 Å². The second-order valence-corrected chi connectivity index (χ2v) is 3.82. The van der Waals surface area contributed by atoms with Crippen LogP contribution in [0.2, 0.25) is 0 Å². The van der Waals surface area contributed by atoms with Gasteiger partial charge in [0, 0.05) is 17.8 Å². The molecule has 2 aliphatic rings. The number of fused-ring (bicyclic) bond motifs is 1. The van der Waals surface area contributed by atoms with Crippen molar-refractivity contribution in [2.45, 2.75) is 12.5 Å². The van der Waals surface area contributed by atoms with Gasteiger partial charge in [-0.05, 0) is 30.2 Å². The van der Waals surface area contributed by atoms with Crippen molar-refractivity contribution in [3.8, 4) is 0 Å². The van der Waals surface area contributed by atoms with Crippen molar-refractivity contribution < 1.29 is 4.74 Å². The summed E-state index contributed by atoms with van der Waals surface area (Å²) in [5.41, 5.74) is 3.96. The maximum atomic E-state index is 5.59. The number of anilines is 1. The Balaban J connectivity index is 2.01. The van der Waals surface area contributed by atoms with E-state index in [4.69, 9.17) is 4.74 Å². The van der Waals surface area contributed by atoms with E-state index in [2.05, 4.69) is 29.6 Å². The second kappa shape index (κ2) is 3.46. The Labute approximate surface area is 89.3 Å². The summed E-state index contributed by atoms with van der Waals surface area (Å²) in [6, 6.07) is 6.37. The fraction of sp³-hybridized carbons (Fsp3) is 0.231. The monoisotopic (exact) mass is 199 g/mol. The highest BCUT2D eigenvalue weighted by molar-refractivity contribution is 5.59. The van der Waals surface area contributed by atoms with Gasteiger partial charge in [0.2, 0.25) is 0 Å². The molecule has 2 aliphatic heterocycles. The third-order valence-electron chi connectivity index (χ3n) is 2.91. The highest BCUT2D eigenvalue weighted by atomic mass is 16.5. The van der Waals surface area contributed by atoms with Crippen LogP contribution in [0.25, 0.3) is 0 Å². The molecule has 0 saturated heterocycles. The molecule has 0 aliphatic carbocycles. The van der Waals surface area contributed by atoms with E-state index in [9.17, 15) is 0 Å². The average Bonchev–Trinajstić information content (AvgIpc) is 2.78. The minimum Gasteiger partial charge on any atom is -0.489 e. The smallest absolute Gasteiger partial charge is 0.142 e. The highest BCUT2D eigenvalue weighted by Crippen LogP contribution is 2.32. The van der Waals surface area contributed by atoms with E-state index in [0.717, 1.165) is 13.0 Å². The van der Waals surface area contributed by atoms with Crippen molar-refractivity contribution in [1.82, 2.24) is 0 Å². The highest BCUT2D eigenvalue weighted by Gasteiger charge is 2.19. The summed E-state index contributed by atoms with van der Waals surface area (Å²) >= 11 is 0. The van der Waals surface area contributed by atoms with Gasteiger partial charge in [-0.1, -0.05) is 18.2 Å². The van der Waals surface area contributed by atoms with Crippen LogP contribution in [0, 0.1) is 0 Å². The van der Waals surface area contributed by atoms with Crippen molar-refractivity contribution in [1.29, 1.82) is 0 Å². The van der Waals surface area contributed by atoms with E-state index < -0.39 is 0 Å². The lowest BCUT2D eigenvalue weighted by molar-refractivity contribution is 0.185. The predicted octanol–water partition coefficient (Wildman–Crippen LogP) is 2.80. The van der Waals surface area contributed by atoms with Gasteiger partial charge in [0.1, 0.15) is 6.10 Å². The van der Waals surface area contributed by atoms with Gasteiger partial charge in [-0.15, -0.1) is 0 Å². The molecule has 3 rings (SSSR count). The first kappa shape index (κ1) is 8.60.